The van der Waals surface area contributed by atoms with Crippen LogP contribution in [0.4, 0.5) is 0 Å². The van der Waals surface area contributed by atoms with E-state index in [1.54, 1.807) is 7.11 Å². The van der Waals surface area contributed by atoms with Crippen LogP contribution in [0.2, 0.25) is 0 Å². The Bertz CT molecular complexity index is 914. The van der Waals surface area contributed by atoms with Crippen molar-refractivity contribution in [1.82, 2.24) is 20.2 Å². The van der Waals surface area contributed by atoms with Crippen molar-refractivity contribution >= 4 is 5.91 Å². The predicted octanol–water partition coefficient (Wildman–Crippen LogP) is 3.96. The molecule has 4 atom stereocenters. The summed E-state index contributed by atoms with van der Waals surface area (Å²) in [5.41, 5.74) is 5.94. The second kappa shape index (κ2) is 11.3. The number of ether oxygens (including phenoxy) is 1. The standard InChI is InChI=1S/C29H42N4O2/c1-3-16-31-19-15-25-13-14-26(21-31)33(25)28(24-7-6-8-27(20-24)35-2)22-9-11-23(12-10-22)29(34)30-32-17-4-5-18-32/h3,8-11,20,23,25-26,28H,1,4-7,12-19,21H2,2H3,(H,30,34). The Balaban J connectivity index is 1.38. The largest absolute Gasteiger partial charge is 0.497 e. The zero-order valence-corrected chi connectivity index (χ0v) is 21.3. The number of hydrogen-bond donors (Lipinski definition) is 1. The van der Waals surface area contributed by atoms with Crippen molar-refractivity contribution in [2.75, 3.05) is 39.8 Å². The topological polar surface area (TPSA) is 48.0 Å². The number of fused-ring (bicyclic) bond motifs is 2. The summed E-state index contributed by atoms with van der Waals surface area (Å²) in [4.78, 5) is 18.3. The van der Waals surface area contributed by atoms with Crippen LogP contribution in [0.1, 0.15) is 51.4 Å². The van der Waals surface area contributed by atoms with Gasteiger partial charge < -0.3 is 4.74 Å². The van der Waals surface area contributed by atoms with Gasteiger partial charge in [0.2, 0.25) is 5.91 Å². The maximum atomic E-state index is 12.9. The van der Waals surface area contributed by atoms with Crippen molar-refractivity contribution < 1.29 is 9.53 Å². The minimum absolute atomic E-state index is 0.0845. The summed E-state index contributed by atoms with van der Waals surface area (Å²) in [5, 5.41) is 2.08. The van der Waals surface area contributed by atoms with Crippen LogP contribution in [0, 0.1) is 5.92 Å². The number of nitrogens with zero attached hydrogens (tertiary/aromatic N) is 3. The molecule has 4 unspecified atom stereocenters. The van der Waals surface area contributed by atoms with Gasteiger partial charge in [0, 0.05) is 44.8 Å². The Morgan fingerprint density at radius 2 is 2.03 bits per heavy atom. The third-order valence-corrected chi connectivity index (χ3v) is 8.46. The molecule has 5 aliphatic rings. The normalized spacial score (nSPS) is 30.8. The highest BCUT2D eigenvalue weighted by Crippen LogP contribution is 2.40. The zero-order chi connectivity index (χ0) is 24.2. The molecule has 0 spiro atoms. The fraction of sp³-hybridized carbons (Fsp3) is 0.621. The number of carbonyl (C=O) groups is 1. The molecular formula is C29H42N4O2. The van der Waals surface area contributed by atoms with Gasteiger partial charge in [0.1, 0.15) is 5.76 Å². The Labute approximate surface area is 211 Å². The Kier molecular flexibility index (Phi) is 7.91. The van der Waals surface area contributed by atoms with E-state index in [1.807, 2.05) is 6.08 Å². The third-order valence-electron chi connectivity index (χ3n) is 8.46. The van der Waals surface area contributed by atoms with Gasteiger partial charge in [0.25, 0.3) is 0 Å². The summed E-state index contributed by atoms with van der Waals surface area (Å²) in [6.45, 7) is 9.14. The second-order valence-corrected chi connectivity index (χ2v) is 10.7. The molecule has 6 heteroatoms. The number of allylic oxidation sites excluding steroid dienone is 3. The van der Waals surface area contributed by atoms with Gasteiger partial charge in [-0.2, -0.15) is 0 Å². The zero-order valence-electron chi connectivity index (χ0n) is 21.3. The molecule has 0 aromatic rings. The maximum Gasteiger partial charge on any atom is 0.241 e. The van der Waals surface area contributed by atoms with Gasteiger partial charge in [-0.25, -0.2) is 5.01 Å². The molecule has 6 nitrogen and oxygen atoms in total. The molecule has 2 aliphatic carbocycles. The van der Waals surface area contributed by atoms with E-state index >= 15 is 0 Å². The summed E-state index contributed by atoms with van der Waals surface area (Å²) in [5.74, 6) is 1.03. The first-order valence-corrected chi connectivity index (χ1v) is 13.6. The van der Waals surface area contributed by atoms with Crippen LogP contribution >= 0.6 is 0 Å². The van der Waals surface area contributed by atoms with E-state index < -0.39 is 0 Å². The summed E-state index contributed by atoms with van der Waals surface area (Å²) >= 11 is 0. The number of rotatable bonds is 8. The number of nitrogens with one attached hydrogen (secondary N) is 1. The molecule has 2 bridgehead atoms. The van der Waals surface area contributed by atoms with Crippen LogP contribution in [-0.2, 0) is 9.53 Å². The lowest BCUT2D eigenvalue weighted by atomic mass is 9.85. The first kappa shape index (κ1) is 24.5. The first-order valence-electron chi connectivity index (χ1n) is 13.6. The van der Waals surface area contributed by atoms with Gasteiger partial charge in [0.15, 0.2) is 0 Å². The number of methoxy groups -OCH3 is 1. The van der Waals surface area contributed by atoms with Crippen LogP contribution in [0.3, 0.4) is 0 Å². The molecule has 1 N–H and O–H groups in total. The van der Waals surface area contributed by atoms with E-state index in [9.17, 15) is 4.79 Å². The van der Waals surface area contributed by atoms with E-state index in [-0.39, 0.29) is 17.9 Å². The van der Waals surface area contributed by atoms with Gasteiger partial charge in [-0.3, -0.25) is 20.0 Å². The van der Waals surface area contributed by atoms with Crippen LogP contribution in [0.25, 0.3) is 0 Å². The number of amides is 1. The molecule has 1 amide bonds. The number of hydrazine groups is 1. The SMILES string of the molecule is C=CCN1CCC2CCC(C1)N2C(C1=CCC(C(=O)NN2CCCC2)C=C1)C1=CC(OC)=CCC1. The lowest BCUT2D eigenvalue weighted by Crippen LogP contribution is -2.48. The summed E-state index contributed by atoms with van der Waals surface area (Å²) < 4.78 is 5.65. The van der Waals surface area contributed by atoms with Gasteiger partial charge in [0.05, 0.1) is 19.1 Å². The Morgan fingerprint density at radius 3 is 2.77 bits per heavy atom. The van der Waals surface area contributed by atoms with Crippen molar-refractivity contribution in [3.05, 3.63) is 59.9 Å². The monoisotopic (exact) mass is 478 g/mol. The van der Waals surface area contributed by atoms with Crippen LogP contribution < -0.4 is 5.43 Å². The van der Waals surface area contributed by atoms with Gasteiger partial charge in [-0.1, -0.05) is 24.3 Å². The summed E-state index contributed by atoms with van der Waals surface area (Å²) in [6, 6.07) is 1.41. The van der Waals surface area contributed by atoms with Crippen molar-refractivity contribution in [1.29, 1.82) is 0 Å². The van der Waals surface area contributed by atoms with Gasteiger partial charge >= 0.3 is 0 Å². The quantitative estimate of drug-likeness (QED) is 0.535. The highest BCUT2D eigenvalue weighted by molar-refractivity contribution is 5.80. The number of likely N-dealkylation sites (tertiary alicyclic amines) is 1. The molecule has 3 fully saturated rings. The van der Waals surface area contributed by atoms with E-state index in [2.05, 4.69) is 57.2 Å². The summed E-state index contributed by atoms with van der Waals surface area (Å²) in [7, 11) is 1.77. The highest BCUT2D eigenvalue weighted by Gasteiger charge is 2.43. The molecule has 3 aliphatic heterocycles. The van der Waals surface area contributed by atoms with E-state index in [4.69, 9.17) is 4.74 Å². The second-order valence-electron chi connectivity index (χ2n) is 10.7. The van der Waals surface area contributed by atoms with Crippen molar-refractivity contribution in [2.45, 2.75) is 69.5 Å². The predicted molar refractivity (Wildman–Crippen MR) is 140 cm³/mol. The van der Waals surface area contributed by atoms with Gasteiger partial charge in [-0.15, -0.1) is 6.58 Å². The van der Waals surface area contributed by atoms with Crippen molar-refractivity contribution in [3.8, 4) is 0 Å². The fourth-order valence-electron chi connectivity index (χ4n) is 6.68. The Morgan fingerprint density at radius 1 is 1.20 bits per heavy atom. The average molecular weight is 479 g/mol. The highest BCUT2D eigenvalue weighted by atomic mass is 16.5. The molecule has 5 rings (SSSR count). The molecule has 0 saturated carbocycles. The Hall–Kier alpha value is -2.15. The van der Waals surface area contributed by atoms with Gasteiger partial charge in [-0.05, 0) is 74.7 Å². The number of carbonyl (C=O) groups excluding carboxylic acids is 1. The van der Waals surface area contributed by atoms with Crippen molar-refractivity contribution in [3.63, 3.8) is 0 Å². The van der Waals surface area contributed by atoms with Crippen LogP contribution in [0.15, 0.2) is 59.9 Å². The molecule has 0 radical (unpaired) electrons. The average Bonchev–Trinajstić information content (AvgIpc) is 3.49. The van der Waals surface area contributed by atoms with Crippen molar-refractivity contribution in [2.24, 2.45) is 5.92 Å². The van der Waals surface area contributed by atoms with E-state index in [0.717, 1.165) is 57.7 Å². The molecule has 0 aromatic heterocycles. The lowest BCUT2D eigenvalue weighted by Gasteiger charge is -2.40. The summed E-state index contributed by atoms with van der Waals surface area (Å²) in [6.07, 6.45) is 22.2. The first-order chi connectivity index (χ1) is 17.2. The van der Waals surface area contributed by atoms with E-state index in [1.165, 1.54) is 43.3 Å². The van der Waals surface area contributed by atoms with Crippen LogP contribution in [-0.4, -0.2) is 78.7 Å². The molecule has 190 valence electrons. The minimum Gasteiger partial charge on any atom is -0.497 e. The maximum absolute atomic E-state index is 12.9. The smallest absolute Gasteiger partial charge is 0.241 e. The molecule has 35 heavy (non-hydrogen) atoms. The molecule has 0 aromatic carbocycles. The third kappa shape index (κ3) is 5.50. The fourth-order valence-corrected chi connectivity index (χ4v) is 6.68. The van der Waals surface area contributed by atoms with E-state index in [0.29, 0.717) is 12.1 Å². The van der Waals surface area contributed by atoms with Crippen LogP contribution in [0.5, 0.6) is 0 Å². The molecule has 3 saturated heterocycles. The molecular weight excluding hydrogens is 436 g/mol. The molecule has 3 heterocycles. The minimum atomic E-state index is -0.0845. The lowest BCUT2D eigenvalue weighted by molar-refractivity contribution is -0.128. The number of hydrogen-bond acceptors (Lipinski definition) is 5.